The molecule has 1 aliphatic carbocycles. The number of hydrogen-bond acceptors (Lipinski definition) is 1. The zero-order valence-electron chi connectivity index (χ0n) is 41.4. The fourth-order valence-corrected chi connectivity index (χ4v) is 12.7. The fourth-order valence-electron chi connectivity index (χ4n) is 12.7. The Kier molecular flexibility index (Phi) is 9.43. The Bertz CT molecular complexity index is 4960. The smallest absolute Gasteiger partial charge is 0.136 e. The number of rotatable bonds is 7. The van der Waals surface area contributed by atoms with E-state index in [0.29, 0.717) is 0 Å². The molecule has 4 heteroatoms. The molecular formula is C72H47N3O. The monoisotopic (exact) mass is 969 g/mol. The molecule has 1 aliphatic rings. The molecular weight excluding hydrogens is 923 g/mol. The van der Waals surface area contributed by atoms with Crippen molar-refractivity contribution in [2.45, 2.75) is 12.3 Å². The highest BCUT2D eigenvalue weighted by molar-refractivity contribution is 6.13. The lowest BCUT2D eigenvalue weighted by Gasteiger charge is -2.14. The normalized spacial score (nSPS) is 13.6. The first-order valence-electron chi connectivity index (χ1n) is 26.3. The largest absolute Gasteiger partial charge is 0.456 e. The Hall–Kier alpha value is -9.90. The molecule has 0 radical (unpaired) electrons. The number of aromatic nitrogens is 3. The van der Waals surface area contributed by atoms with Gasteiger partial charge in [0.15, 0.2) is 0 Å². The number of para-hydroxylation sites is 5. The van der Waals surface area contributed by atoms with Gasteiger partial charge in [0.1, 0.15) is 11.0 Å². The minimum absolute atomic E-state index is 0.155. The maximum Gasteiger partial charge on any atom is 0.136 e. The fraction of sp³-hybridized carbons (Fsp3) is 0.0278. The summed E-state index contributed by atoms with van der Waals surface area (Å²) in [5.74, 6) is 0.155. The maximum absolute atomic E-state index is 6.70. The third-order valence-electron chi connectivity index (χ3n) is 16.2. The van der Waals surface area contributed by atoms with E-state index in [1.165, 1.54) is 110 Å². The van der Waals surface area contributed by atoms with E-state index < -0.39 is 0 Å². The van der Waals surface area contributed by atoms with Crippen LogP contribution in [0.3, 0.4) is 0 Å². The summed E-state index contributed by atoms with van der Waals surface area (Å²) < 4.78 is 13.9. The van der Waals surface area contributed by atoms with Gasteiger partial charge < -0.3 is 18.1 Å². The summed E-state index contributed by atoms with van der Waals surface area (Å²) in [6, 6.07) is 93.3. The first-order chi connectivity index (χ1) is 37.7. The Morgan fingerprint density at radius 2 is 0.803 bits per heavy atom. The molecule has 4 aromatic heterocycles. The highest BCUT2D eigenvalue weighted by Crippen LogP contribution is 2.41. The second-order valence-electron chi connectivity index (χ2n) is 20.4. The average Bonchev–Trinajstić information content (AvgIpc) is 4.32. The van der Waals surface area contributed by atoms with Crippen molar-refractivity contribution < 1.29 is 4.42 Å². The molecule has 0 saturated carbocycles. The van der Waals surface area contributed by atoms with Crippen molar-refractivity contribution in [3.63, 3.8) is 0 Å². The summed E-state index contributed by atoms with van der Waals surface area (Å²) in [4.78, 5) is 0. The molecule has 356 valence electrons. The van der Waals surface area contributed by atoms with Crippen LogP contribution in [-0.2, 0) is 0 Å². The van der Waals surface area contributed by atoms with Gasteiger partial charge in [-0.3, -0.25) is 0 Å². The van der Waals surface area contributed by atoms with Gasteiger partial charge in [0, 0.05) is 65.9 Å². The first-order valence-corrected chi connectivity index (χ1v) is 26.3. The first kappa shape index (κ1) is 42.6. The van der Waals surface area contributed by atoms with Crippen LogP contribution in [0.1, 0.15) is 17.9 Å². The van der Waals surface area contributed by atoms with E-state index in [-0.39, 0.29) is 5.92 Å². The molecule has 0 aliphatic heterocycles. The summed E-state index contributed by atoms with van der Waals surface area (Å²) in [7, 11) is 0. The highest BCUT2D eigenvalue weighted by Gasteiger charge is 2.22. The van der Waals surface area contributed by atoms with E-state index in [2.05, 4.69) is 281 Å². The predicted octanol–water partition coefficient (Wildman–Crippen LogP) is 17.5. The standard InChI is InChI=1S/C72H47N3O/c1-4-18-53(19-5-1)73-65-28-13-11-25-58(65)60-41-47(31-36-66(60)73)46-16-14-17-52(40-46)56-26-15-29-71-72(56)63-44-50(34-39-70(63)76-71)48-32-37-67-61(42-48)62-43-49(33-38-68(62)74(67)54-20-6-2-7-21-54)51-30-35-59-57-24-10-12-27-64(57)75(69(59)45-51)55-22-8-3-9-23-55/h1-33,35-45,50H,34H2. The van der Waals surface area contributed by atoms with Crippen molar-refractivity contribution in [1.82, 2.24) is 13.7 Å². The van der Waals surface area contributed by atoms with Crippen LogP contribution in [0.5, 0.6) is 0 Å². The van der Waals surface area contributed by atoms with E-state index in [4.69, 9.17) is 4.42 Å². The molecule has 0 N–H and O–H groups in total. The van der Waals surface area contributed by atoms with Crippen LogP contribution in [-0.4, -0.2) is 13.7 Å². The third-order valence-corrected chi connectivity index (χ3v) is 16.2. The Balaban J connectivity index is 0.809. The molecule has 0 spiro atoms. The molecule has 0 bridgehead atoms. The molecule has 1 unspecified atom stereocenters. The van der Waals surface area contributed by atoms with Crippen molar-refractivity contribution >= 4 is 88.5 Å². The maximum atomic E-state index is 6.70. The number of hydrogen-bond donors (Lipinski definition) is 0. The molecule has 16 rings (SSSR count). The molecule has 0 fully saturated rings. The van der Waals surface area contributed by atoms with Crippen molar-refractivity contribution in [1.29, 1.82) is 0 Å². The molecule has 1 atom stereocenters. The quantitative estimate of drug-likeness (QED) is 0.156. The van der Waals surface area contributed by atoms with Crippen molar-refractivity contribution in [3.05, 3.63) is 271 Å². The van der Waals surface area contributed by atoms with Crippen LogP contribution in [0.4, 0.5) is 0 Å². The van der Waals surface area contributed by atoms with E-state index in [0.717, 1.165) is 39.9 Å². The second-order valence-corrected chi connectivity index (χ2v) is 20.4. The van der Waals surface area contributed by atoms with Crippen molar-refractivity contribution in [2.24, 2.45) is 0 Å². The SMILES string of the molecule is C1=c2oc3cccc(-c4cccc(-c5ccc6c(c5)c5ccccc5n6-c5ccccc5)c4)c3c2=CC(c2ccc3c(c2)c2cc(-c4ccc5c6ccccc6n(-c6ccccc6)c5c4)ccc2n3-c2ccccc2)C1. The molecule has 15 aromatic rings. The summed E-state index contributed by atoms with van der Waals surface area (Å²) in [6.45, 7) is 0. The lowest BCUT2D eigenvalue weighted by Crippen LogP contribution is -2.25. The van der Waals surface area contributed by atoms with E-state index in [9.17, 15) is 0 Å². The molecule has 4 nitrogen and oxygen atoms in total. The molecule has 0 amide bonds. The van der Waals surface area contributed by atoms with Gasteiger partial charge >= 0.3 is 0 Å². The van der Waals surface area contributed by atoms with Gasteiger partial charge in [-0.05, 0) is 155 Å². The highest BCUT2D eigenvalue weighted by atomic mass is 16.3. The lowest BCUT2D eigenvalue weighted by molar-refractivity contribution is 0.570. The predicted molar refractivity (Wildman–Crippen MR) is 318 cm³/mol. The zero-order chi connectivity index (χ0) is 49.8. The second kappa shape index (κ2) is 16.8. The Morgan fingerprint density at radius 3 is 1.46 bits per heavy atom. The van der Waals surface area contributed by atoms with Crippen LogP contribution in [0, 0.1) is 0 Å². The summed E-state index contributed by atoms with van der Waals surface area (Å²) >= 11 is 0. The van der Waals surface area contributed by atoms with Crippen LogP contribution >= 0.6 is 0 Å². The van der Waals surface area contributed by atoms with E-state index >= 15 is 0 Å². The van der Waals surface area contributed by atoms with Crippen LogP contribution in [0.15, 0.2) is 259 Å². The van der Waals surface area contributed by atoms with Crippen LogP contribution in [0.25, 0.3) is 139 Å². The van der Waals surface area contributed by atoms with Crippen molar-refractivity contribution in [3.8, 4) is 50.4 Å². The Morgan fingerprint density at radius 1 is 0.329 bits per heavy atom. The zero-order valence-corrected chi connectivity index (χ0v) is 41.4. The molecule has 0 saturated heterocycles. The minimum atomic E-state index is 0.155. The van der Waals surface area contributed by atoms with Crippen LogP contribution in [0.2, 0.25) is 0 Å². The summed E-state index contributed by atoms with van der Waals surface area (Å²) in [6.07, 6.45) is 5.63. The van der Waals surface area contributed by atoms with Crippen molar-refractivity contribution in [2.75, 3.05) is 0 Å². The van der Waals surface area contributed by atoms with Gasteiger partial charge in [-0.1, -0.05) is 158 Å². The van der Waals surface area contributed by atoms with Gasteiger partial charge in [-0.2, -0.15) is 0 Å². The topological polar surface area (TPSA) is 27.9 Å². The number of nitrogens with zero attached hydrogens (tertiary/aromatic N) is 3. The lowest BCUT2D eigenvalue weighted by atomic mass is 9.89. The van der Waals surface area contributed by atoms with Gasteiger partial charge in [0.25, 0.3) is 0 Å². The van der Waals surface area contributed by atoms with E-state index in [1.54, 1.807) is 0 Å². The third kappa shape index (κ3) is 6.57. The van der Waals surface area contributed by atoms with Gasteiger partial charge in [0.05, 0.1) is 33.1 Å². The number of fused-ring (bicyclic) bond motifs is 12. The molecule has 4 heterocycles. The van der Waals surface area contributed by atoms with Gasteiger partial charge in [-0.15, -0.1) is 0 Å². The number of furan rings is 1. The molecule has 11 aromatic carbocycles. The Labute approximate surface area is 438 Å². The average molecular weight is 970 g/mol. The molecule has 76 heavy (non-hydrogen) atoms. The van der Waals surface area contributed by atoms with E-state index in [1.807, 2.05) is 0 Å². The summed E-state index contributed by atoms with van der Waals surface area (Å²) in [5.41, 5.74) is 20.9. The minimum Gasteiger partial charge on any atom is -0.456 e. The van der Waals surface area contributed by atoms with Gasteiger partial charge in [0.2, 0.25) is 0 Å². The number of benzene rings is 11. The van der Waals surface area contributed by atoms with Gasteiger partial charge in [-0.25, -0.2) is 0 Å². The summed E-state index contributed by atoms with van der Waals surface area (Å²) in [5, 5.41) is 9.81. The van der Waals surface area contributed by atoms with Crippen LogP contribution < -0.4 is 10.6 Å².